The van der Waals surface area contributed by atoms with Gasteiger partial charge in [-0.2, -0.15) is 5.10 Å². The van der Waals surface area contributed by atoms with Crippen LogP contribution in [0.4, 0.5) is 4.39 Å². The van der Waals surface area contributed by atoms with Crippen molar-refractivity contribution in [1.29, 1.82) is 0 Å². The Hall–Kier alpha value is -2.89. The second kappa shape index (κ2) is 8.53. The largest absolute Gasteiger partial charge is 0.494 e. The fraction of sp³-hybridized carbons (Fsp3) is 0.176. The van der Waals surface area contributed by atoms with Gasteiger partial charge >= 0.3 is 0 Å². The number of carbonyl (C=O) groups is 1. The molecule has 0 bridgehead atoms. The molecule has 5 nitrogen and oxygen atoms in total. The molecule has 0 aliphatic rings. The maximum atomic E-state index is 13.3. The van der Waals surface area contributed by atoms with Gasteiger partial charge in [-0.05, 0) is 37.3 Å². The molecule has 0 unspecified atom stereocenters. The lowest BCUT2D eigenvalue weighted by molar-refractivity contribution is -0.123. The molecule has 0 saturated carbocycles. The number of hydrogen-bond donors (Lipinski definition) is 1. The van der Waals surface area contributed by atoms with Gasteiger partial charge in [-0.1, -0.05) is 18.2 Å². The minimum absolute atomic E-state index is 0.192. The van der Waals surface area contributed by atoms with Gasteiger partial charge in [0.15, 0.2) is 6.61 Å². The second-order valence-corrected chi connectivity index (χ2v) is 4.51. The molecule has 0 saturated heterocycles. The van der Waals surface area contributed by atoms with Gasteiger partial charge in [-0.25, -0.2) is 9.82 Å². The lowest BCUT2D eigenvalue weighted by Gasteiger charge is -2.06. The number of hydrogen-bond acceptors (Lipinski definition) is 4. The number of hydrazone groups is 1. The molecule has 0 aliphatic carbocycles. The van der Waals surface area contributed by atoms with Crippen molar-refractivity contribution in [2.24, 2.45) is 5.10 Å². The van der Waals surface area contributed by atoms with Crippen LogP contribution in [0.15, 0.2) is 53.6 Å². The normalized spacial score (nSPS) is 10.5. The third-order valence-corrected chi connectivity index (χ3v) is 2.80. The number of amides is 1. The minimum Gasteiger partial charge on any atom is -0.494 e. The van der Waals surface area contributed by atoms with E-state index in [0.717, 1.165) is 5.75 Å². The van der Waals surface area contributed by atoms with Gasteiger partial charge in [0, 0.05) is 5.56 Å². The Bertz CT molecular complexity index is 672. The summed E-state index contributed by atoms with van der Waals surface area (Å²) >= 11 is 0. The summed E-state index contributed by atoms with van der Waals surface area (Å²) in [6, 6.07) is 13.1. The van der Waals surface area contributed by atoms with Crippen LogP contribution in [0.2, 0.25) is 0 Å². The molecule has 6 heteroatoms. The standard InChI is InChI=1S/C17H17FN2O3/c1-2-22-14-7-9-15(10-8-14)23-12-17(21)20-19-11-13-5-3-4-6-16(13)18/h3-11H,2,12H2,1H3,(H,20,21)/b19-11+. The molecule has 23 heavy (non-hydrogen) atoms. The number of halogens is 1. The van der Waals surface area contributed by atoms with Crippen LogP contribution in [0.5, 0.6) is 11.5 Å². The van der Waals surface area contributed by atoms with E-state index in [4.69, 9.17) is 9.47 Å². The zero-order chi connectivity index (χ0) is 16.5. The molecule has 0 aromatic heterocycles. The van der Waals surface area contributed by atoms with Crippen molar-refractivity contribution in [3.8, 4) is 11.5 Å². The van der Waals surface area contributed by atoms with Gasteiger partial charge in [0.1, 0.15) is 17.3 Å². The van der Waals surface area contributed by atoms with Crippen LogP contribution in [-0.2, 0) is 4.79 Å². The van der Waals surface area contributed by atoms with Gasteiger partial charge < -0.3 is 9.47 Å². The molecule has 1 amide bonds. The van der Waals surface area contributed by atoms with Gasteiger partial charge in [0.25, 0.3) is 5.91 Å². The van der Waals surface area contributed by atoms with Crippen molar-refractivity contribution in [1.82, 2.24) is 5.43 Å². The topological polar surface area (TPSA) is 59.9 Å². The monoisotopic (exact) mass is 316 g/mol. The fourth-order valence-electron chi connectivity index (χ4n) is 1.73. The average molecular weight is 316 g/mol. The van der Waals surface area contributed by atoms with Crippen molar-refractivity contribution in [3.63, 3.8) is 0 Å². The molecule has 1 N–H and O–H groups in total. The van der Waals surface area contributed by atoms with Crippen LogP contribution in [0, 0.1) is 5.82 Å². The number of nitrogens with one attached hydrogen (secondary N) is 1. The predicted octanol–water partition coefficient (Wildman–Crippen LogP) is 2.75. The van der Waals surface area contributed by atoms with E-state index in [2.05, 4.69) is 10.5 Å². The summed E-state index contributed by atoms with van der Waals surface area (Å²) in [5, 5.41) is 3.69. The first-order valence-corrected chi connectivity index (χ1v) is 7.11. The van der Waals surface area contributed by atoms with Crippen LogP contribution in [0.1, 0.15) is 12.5 Å². The lowest BCUT2D eigenvalue weighted by Crippen LogP contribution is -2.24. The number of rotatable bonds is 7. The molecule has 0 radical (unpaired) electrons. The Kier molecular flexibility index (Phi) is 6.11. The quantitative estimate of drug-likeness (QED) is 0.631. The summed E-state index contributed by atoms with van der Waals surface area (Å²) in [7, 11) is 0. The Labute approximate surface area is 133 Å². The molecular formula is C17H17FN2O3. The van der Waals surface area contributed by atoms with E-state index < -0.39 is 11.7 Å². The van der Waals surface area contributed by atoms with Crippen molar-refractivity contribution in [2.75, 3.05) is 13.2 Å². The lowest BCUT2D eigenvalue weighted by atomic mass is 10.2. The molecule has 0 heterocycles. The fourth-order valence-corrected chi connectivity index (χ4v) is 1.73. The molecule has 0 fully saturated rings. The summed E-state index contributed by atoms with van der Waals surface area (Å²) in [4.78, 5) is 11.6. The van der Waals surface area contributed by atoms with Crippen molar-refractivity contribution < 1.29 is 18.7 Å². The van der Waals surface area contributed by atoms with Gasteiger partial charge in [0.2, 0.25) is 0 Å². The SMILES string of the molecule is CCOc1ccc(OCC(=O)N/N=C/c2ccccc2F)cc1. The summed E-state index contributed by atoms with van der Waals surface area (Å²) in [5.41, 5.74) is 2.57. The Morgan fingerprint density at radius 2 is 1.78 bits per heavy atom. The van der Waals surface area contributed by atoms with E-state index in [1.54, 1.807) is 42.5 Å². The summed E-state index contributed by atoms with van der Waals surface area (Å²) in [5.74, 6) is 0.433. The van der Waals surface area contributed by atoms with Crippen molar-refractivity contribution in [3.05, 3.63) is 59.9 Å². The molecular weight excluding hydrogens is 299 g/mol. The first-order chi connectivity index (χ1) is 11.2. The van der Waals surface area contributed by atoms with E-state index in [-0.39, 0.29) is 6.61 Å². The summed E-state index contributed by atoms with van der Waals surface area (Å²) in [6.45, 7) is 2.29. The number of ether oxygens (including phenoxy) is 2. The van der Waals surface area contributed by atoms with Gasteiger partial charge in [0.05, 0.1) is 12.8 Å². The highest BCUT2D eigenvalue weighted by atomic mass is 19.1. The van der Waals surface area contributed by atoms with E-state index in [1.807, 2.05) is 6.92 Å². The number of benzene rings is 2. The van der Waals surface area contributed by atoms with Crippen LogP contribution < -0.4 is 14.9 Å². The number of nitrogens with zero attached hydrogens (tertiary/aromatic N) is 1. The predicted molar refractivity (Wildman–Crippen MR) is 85.2 cm³/mol. The smallest absolute Gasteiger partial charge is 0.277 e. The van der Waals surface area contributed by atoms with E-state index in [1.165, 1.54) is 12.3 Å². The summed E-state index contributed by atoms with van der Waals surface area (Å²) < 4.78 is 24.0. The summed E-state index contributed by atoms with van der Waals surface area (Å²) in [6.07, 6.45) is 1.24. The zero-order valence-electron chi connectivity index (χ0n) is 12.7. The van der Waals surface area contributed by atoms with Gasteiger partial charge in [-0.15, -0.1) is 0 Å². The van der Waals surface area contributed by atoms with Gasteiger partial charge in [-0.3, -0.25) is 4.79 Å². The van der Waals surface area contributed by atoms with Crippen LogP contribution in [0.3, 0.4) is 0 Å². The second-order valence-electron chi connectivity index (χ2n) is 4.51. The van der Waals surface area contributed by atoms with E-state index >= 15 is 0 Å². The van der Waals surface area contributed by atoms with E-state index in [0.29, 0.717) is 17.9 Å². The van der Waals surface area contributed by atoms with Crippen LogP contribution in [-0.4, -0.2) is 25.3 Å². The molecule has 0 atom stereocenters. The number of carbonyl (C=O) groups excluding carboxylic acids is 1. The first-order valence-electron chi connectivity index (χ1n) is 7.11. The molecule has 0 spiro atoms. The highest BCUT2D eigenvalue weighted by molar-refractivity contribution is 5.83. The highest BCUT2D eigenvalue weighted by Gasteiger charge is 2.02. The Morgan fingerprint density at radius 3 is 2.43 bits per heavy atom. The third-order valence-electron chi connectivity index (χ3n) is 2.80. The molecule has 2 rings (SSSR count). The molecule has 0 aliphatic heterocycles. The van der Waals surface area contributed by atoms with Crippen molar-refractivity contribution in [2.45, 2.75) is 6.92 Å². The maximum absolute atomic E-state index is 13.3. The molecule has 2 aromatic carbocycles. The maximum Gasteiger partial charge on any atom is 0.277 e. The average Bonchev–Trinajstić information content (AvgIpc) is 2.56. The minimum atomic E-state index is -0.438. The Balaban J connectivity index is 1.78. The Morgan fingerprint density at radius 1 is 1.13 bits per heavy atom. The van der Waals surface area contributed by atoms with E-state index in [9.17, 15) is 9.18 Å². The first kappa shape index (κ1) is 16.5. The molecule has 2 aromatic rings. The highest BCUT2D eigenvalue weighted by Crippen LogP contribution is 2.17. The van der Waals surface area contributed by atoms with Crippen molar-refractivity contribution >= 4 is 12.1 Å². The zero-order valence-corrected chi connectivity index (χ0v) is 12.7. The molecule has 120 valence electrons. The van der Waals surface area contributed by atoms with Crippen LogP contribution >= 0.6 is 0 Å². The van der Waals surface area contributed by atoms with Crippen LogP contribution in [0.25, 0.3) is 0 Å². The third kappa shape index (κ3) is 5.43.